The Bertz CT molecular complexity index is 64.5. The summed E-state index contributed by atoms with van der Waals surface area (Å²) < 4.78 is 0.717. The zero-order valence-electron chi connectivity index (χ0n) is 4.25. The van der Waals surface area contributed by atoms with Crippen LogP contribution in [-0.2, 0) is 0 Å². The van der Waals surface area contributed by atoms with Gasteiger partial charge in [0.15, 0.2) is 0 Å². The summed E-state index contributed by atoms with van der Waals surface area (Å²) in [5, 5.41) is 0. The van der Waals surface area contributed by atoms with Crippen molar-refractivity contribution in [3.05, 3.63) is 10.0 Å². The molecule has 0 aromatic rings. The fourth-order valence-electron chi connectivity index (χ4n) is 0.253. The van der Waals surface area contributed by atoms with Gasteiger partial charge in [0.05, 0.1) is 3.94 Å². The van der Waals surface area contributed by atoms with Gasteiger partial charge in [-0.25, -0.2) is 0 Å². The molecule has 0 bridgehead atoms. The number of allylic oxidation sites excluding steroid dienone is 1. The predicted octanol–water partition coefficient (Wildman–Crippen LogP) is 3.26. The van der Waals surface area contributed by atoms with Crippen molar-refractivity contribution in [2.24, 2.45) is 0 Å². The lowest BCUT2D eigenvalue weighted by atomic mass is 10.3. The van der Waals surface area contributed by atoms with Crippen molar-refractivity contribution in [2.45, 2.75) is 19.8 Å². The minimum absolute atomic E-state index is 0.717. The molecule has 0 aromatic carbocycles. The maximum Gasteiger partial charge on any atom is 0.0794 e. The van der Waals surface area contributed by atoms with Crippen molar-refractivity contribution in [2.75, 3.05) is 0 Å². The number of hydrogen-bond acceptors (Lipinski definition) is 0. The van der Waals surface area contributed by atoms with E-state index in [-0.39, 0.29) is 0 Å². The van der Waals surface area contributed by atoms with E-state index in [1.165, 1.54) is 0 Å². The minimum atomic E-state index is 0.717. The van der Waals surface area contributed by atoms with Gasteiger partial charge < -0.3 is 0 Å². The summed E-state index contributed by atoms with van der Waals surface area (Å²) in [5.41, 5.74) is 0. The second-order valence-corrected chi connectivity index (χ2v) is 3.00. The van der Waals surface area contributed by atoms with E-state index in [0.717, 1.165) is 12.8 Å². The Labute approximate surface area is 57.7 Å². The van der Waals surface area contributed by atoms with Gasteiger partial charge in [-0.1, -0.05) is 31.0 Å². The number of halogens is 2. The van der Waals surface area contributed by atoms with E-state index in [9.17, 15) is 0 Å². The van der Waals surface area contributed by atoms with Crippen molar-refractivity contribution in [1.82, 2.24) is 0 Å². The lowest BCUT2D eigenvalue weighted by Crippen LogP contribution is -1.58. The van der Waals surface area contributed by atoms with Gasteiger partial charge in [-0.2, -0.15) is 0 Å². The lowest BCUT2D eigenvalue weighted by Gasteiger charge is -1.81. The molecule has 0 saturated heterocycles. The smallest absolute Gasteiger partial charge is 0.0765 e. The van der Waals surface area contributed by atoms with E-state index in [1.54, 1.807) is 0 Å². The minimum Gasteiger partial charge on any atom is -0.0765 e. The molecule has 7 heavy (non-hydrogen) atoms. The normalized spacial score (nSPS) is 12.1. The monoisotopic (exact) mass is 182 g/mol. The topological polar surface area (TPSA) is 0 Å². The van der Waals surface area contributed by atoms with Crippen LogP contribution in [0.25, 0.3) is 0 Å². The maximum atomic E-state index is 5.43. The highest BCUT2D eigenvalue weighted by atomic mass is 79.9. The van der Waals surface area contributed by atoms with Crippen molar-refractivity contribution in [1.29, 1.82) is 0 Å². The first-order valence-corrected chi connectivity index (χ1v) is 3.45. The third-order valence-corrected chi connectivity index (χ3v) is 1.07. The summed E-state index contributed by atoms with van der Waals surface area (Å²) in [4.78, 5) is 0. The zero-order chi connectivity index (χ0) is 5.70. The van der Waals surface area contributed by atoms with Crippen LogP contribution in [0.1, 0.15) is 19.8 Å². The second kappa shape index (κ2) is 4.66. The summed E-state index contributed by atoms with van der Waals surface area (Å²) >= 11 is 8.54. The molecule has 0 rings (SSSR count). The van der Waals surface area contributed by atoms with Gasteiger partial charge in [-0.15, -0.1) is 0 Å². The van der Waals surface area contributed by atoms with Gasteiger partial charge in [0, 0.05) is 0 Å². The van der Waals surface area contributed by atoms with E-state index in [0.29, 0.717) is 3.94 Å². The van der Waals surface area contributed by atoms with Gasteiger partial charge >= 0.3 is 0 Å². The van der Waals surface area contributed by atoms with Crippen LogP contribution < -0.4 is 0 Å². The zero-order valence-corrected chi connectivity index (χ0v) is 6.59. The molecule has 0 radical (unpaired) electrons. The fourth-order valence-corrected chi connectivity index (χ4v) is 0.591. The predicted molar refractivity (Wildman–Crippen MR) is 37.8 cm³/mol. The Balaban J connectivity index is 3.08. The Morgan fingerprint density at radius 1 is 1.86 bits per heavy atom. The molecule has 0 atom stereocenters. The largest absolute Gasteiger partial charge is 0.0794 e. The van der Waals surface area contributed by atoms with Crippen LogP contribution in [0.15, 0.2) is 10.0 Å². The third kappa shape index (κ3) is 6.51. The summed E-state index contributed by atoms with van der Waals surface area (Å²) in [6, 6.07) is 0. The van der Waals surface area contributed by atoms with E-state index in [4.69, 9.17) is 11.6 Å². The molecule has 0 nitrogen and oxygen atoms in total. The molecule has 0 aromatic heterocycles. The van der Waals surface area contributed by atoms with E-state index < -0.39 is 0 Å². The van der Waals surface area contributed by atoms with Gasteiger partial charge in [0.2, 0.25) is 0 Å². The molecule has 42 valence electrons. The first-order chi connectivity index (χ1) is 3.27. The lowest BCUT2D eigenvalue weighted by molar-refractivity contribution is 0.959. The molecule has 0 aliphatic carbocycles. The molecule has 0 unspecified atom stereocenters. The highest BCUT2D eigenvalue weighted by molar-refractivity contribution is 9.12. The summed E-state index contributed by atoms with van der Waals surface area (Å²) in [6.45, 7) is 2.11. The second-order valence-electron chi connectivity index (χ2n) is 1.28. The van der Waals surface area contributed by atoms with Crippen LogP contribution in [0.2, 0.25) is 0 Å². The van der Waals surface area contributed by atoms with Gasteiger partial charge in [-0.05, 0) is 22.4 Å². The van der Waals surface area contributed by atoms with Crippen LogP contribution in [0.5, 0.6) is 0 Å². The summed E-state index contributed by atoms with van der Waals surface area (Å²) in [7, 11) is 0. The molecule has 0 aliphatic heterocycles. The molecule has 0 heterocycles. The van der Waals surface area contributed by atoms with Gasteiger partial charge in [-0.3, -0.25) is 0 Å². The van der Waals surface area contributed by atoms with Crippen LogP contribution in [-0.4, -0.2) is 0 Å². The third-order valence-electron chi connectivity index (χ3n) is 0.587. The molecule has 0 spiro atoms. The Morgan fingerprint density at radius 2 is 2.43 bits per heavy atom. The Kier molecular flexibility index (Phi) is 5.00. The van der Waals surface area contributed by atoms with Gasteiger partial charge in [0.25, 0.3) is 0 Å². The molecule has 0 saturated carbocycles. The molecule has 0 aliphatic rings. The van der Waals surface area contributed by atoms with Gasteiger partial charge in [0.1, 0.15) is 0 Å². The van der Waals surface area contributed by atoms with Crippen molar-refractivity contribution in [3.8, 4) is 0 Å². The molecular weight excluding hydrogens is 175 g/mol. The average molecular weight is 183 g/mol. The quantitative estimate of drug-likeness (QED) is 0.616. The maximum absolute atomic E-state index is 5.43. The number of unbranched alkanes of at least 4 members (excludes halogenated alkanes) is 1. The standard InChI is InChI=1S/C5H8BrCl/c1-2-3-4-5(6)7/h4H,2-3H2,1H3. The van der Waals surface area contributed by atoms with Crippen molar-refractivity contribution >= 4 is 27.5 Å². The summed E-state index contributed by atoms with van der Waals surface area (Å²) in [6.07, 6.45) is 4.16. The SMILES string of the molecule is CCCC=C(Cl)Br. The average Bonchev–Trinajstić information content (AvgIpc) is 1.61. The van der Waals surface area contributed by atoms with Crippen LogP contribution >= 0.6 is 27.5 Å². The molecule has 0 amide bonds. The molecular formula is C5H8BrCl. The van der Waals surface area contributed by atoms with Crippen LogP contribution in [0, 0.1) is 0 Å². The molecule has 0 fully saturated rings. The fraction of sp³-hybridized carbons (Fsp3) is 0.600. The Hall–Kier alpha value is 0.510. The first kappa shape index (κ1) is 7.51. The molecule has 2 heteroatoms. The van der Waals surface area contributed by atoms with Crippen LogP contribution in [0.4, 0.5) is 0 Å². The van der Waals surface area contributed by atoms with Crippen LogP contribution in [0.3, 0.4) is 0 Å². The summed E-state index contributed by atoms with van der Waals surface area (Å²) in [5.74, 6) is 0. The Morgan fingerprint density at radius 3 is 2.57 bits per heavy atom. The number of rotatable bonds is 2. The highest BCUT2D eigenvalue weighted by Gasteiger charge is 1.77. The highest BCUT2D eigenvalue weighted by Crippen LogP contribution is 2.10. The van der Waals surface area contributed by atoms with Crippen molar-refractivity contribution in [3.63, 3.8) is 0 Å². The van der Waals surface area contributed by atoms with E-state index >= 15 is 0 Å². The first-order valence-electron chi connectivity index (χ1n) is 2.28. The number of hydrogen-bond donors (Lipinski definition) is 0. The van der Waals surface area contributed by atoms with Crippen molar-refractivity contribution < 1.29 is 0 Å². The van der Waals surface area contributed by atoms with E-state index in [1.807, 2.05) is 6.08 Å². The van der Waals surface area contributed by atoms with E-state index in [2.05, 4.69) is 22.9 Å². The molecule has 0 N–H and O–H groups in total.